The summed E-state index contributed by atoms with van der Waals surface area (Å²) in [4.78, 5) is 15.1. The third-order valence-corrected chi connectivity index (χ3v) is 4.26. The van der Waals surface area contributed by atoms with Crippen LogP contribution in [-0.4, -0.2) is 21.6 Å². The molecule has 3 heterocycles. The lowest BCUT2D eigenvalue weighted by atomic mass is 10.3. The van der Waals surface area contributed by atoms with Crippen molar-refractivity contribution in [3.63, 3.8) is 0 Å². The molecule has 0 fully saturated rings. The van der Waals surface area contributed by atoms with Crippen LogP contribution in [0, 0.1) is 0 Å². The highest BCUT2D eigenvalue weighted by Gasteiger charge is 2.26. The van der Waals surface area contributed by atoms with Crippen LogP contribution in [-0.2, 0) is 0 Å². The molecule has 0 aliphatic carbocycles. The lowest BCUT2D eigenvalue weighted by Gasteiger charge is -2.19. The van der Waals surface area contributed by atoms with Gasteiger partial charge in [0.05, 0.1) is 29.4 Å². The van der Waals surface area contributed by atoms with Crippen molar-refractivity contribution in [2.45, 2.75) is 0 Å². The van der Waals surface area contributed by atoms with E-state index in [1.807, 2.05) is 53.4 Å². The number of rotatable bonds is 2. The van der Waals surface area contributed by atoms with Crippen LogP contribution >= 0.6 is 11.6 Å². The molecule has 25 heavy (non-hydrogen) atoms. The van der Waals surface area contributed by atoms with Crippen molar-refractivity contribution in [2.24, 2.45) is 0 Å². The average molecular weight is 353 g/mol. The van der Waals surface area contributed by atoms with Crippen LogP contribution in [0.25, 0.3) is 0 Å². The number of anilines is 6. The summed E-state index contributed by atoms with van der Waals surface area (Å²) in [5.41, 5.74) is 10.0. The summed E-state index contributed by atoms with van der Waals surface area (Å²) >= 11 is 6.18. The molecule has 1 aromatic heterocycles. The second kappa shape index (κ2) is 5.47. The van der Waals surface area contributed by atoms with Gasteiger partial charge in [-0.3, -0.25) is 4.90 Å². The highest BCUT2D eigenvalue weighted by molar-refractivity contribution is 6.28. The molecule has 8 nitrogen and oxygen atoms in total. The van der Waals surface area contributed by atoms with Crippen LogP contribution in [0.5, 0.6) is 0 Å². The molecule has 2 aliphatic rings. The van der Waals surface area contributed by atoms with Crippen molar-refractivity contribution in [3.05, 3.63) is 53.8 Å². The Hall–Kier alpha value is -3.10. The average Bonchev–Trinajstić information content (AvgIpc) is 3.25. The fourth-order valence-electron chi connectivity index (χ4n) is 2.94. The van der Waals surface area contributed by atoms with E-state index in [0.29, 0.717) is 18.6 Å². The van der Waals surface area contributed by atoms with E-state index in [-0.39, 0.29) is 5.28 Å². The third kappa shape index (κ3) is 2.31. The quantitative estimate of drug-likeness (QED) is 0.649. The second-order valence-corrected chi connectivity index (χ2v) is 5.91. The van der Waals surface area contributed by atoms with Crippen LogP contribution in [0.3, 0.4) is 0 Å². The van der Waals surface area contributed by atoms with Gasteiger partial charge in [0, 0.05) is 0 Å². The monoisotopic (exact) mass is 352 g/mol. The SMILES string of the molecule is Clc1nc(N2CNc3ccccc32)nc(N2NNc3ccccc32)n1. The Morgan fingerprint density at radius 1 is 0.840 bits per heavy atom. The van der Waals surface area contributed by atoms with Crippen LogP contribution < -0.4 is 26.2 Å². The van der Waals surface area contributed by atoms with E-state index in [9.17, 15) is 0 Å². The standard InChI is InChI=1S/C16H13ClN8/c17-14-19-15(24-9-18-10-5-1-3-7-12(10)24)21-16(20-14)25-13-8-4-2-6-11(13)22-23-25/h1-8,18,22-23H,9H2. The minimum atomic E-state index is 0.135. The number of nitrogens with one attached hydrogen (secondary N) is 3. The summed E-state index contributed by atoms with van der Waals surface area (Å²) in [6.07, 6.45) is 0. The zero-order valence-corrected chi connectivity index (χ0v) is 13.7. The summed E-state index contributed by atoms with van der Waals surface area (Å²) < 4.78 is 0. The van der Waals surface area contributed by atoms with Crippen LogP contribution in [0.4, 0.5) is 34.6 Å². The topological polar surface area (TPSA) is 81.2 Å². The van der Waals surface area contributed by atoms with Gasteiger partial charge < -0.3 is 10.7 Å². The first-order valence-electron chi connectivity index (χ1n) is 7.72. The van der Waals surface area contributed by atoms with Crippen molar-refractivity contribution in [1.82, 2.24) is 20.5 Å². The van der Waals surface area contributed by atoms with E-state index in [1.54, 1.807) is 5.01 Å². The first-order valence-corrected chi connectivity index (χ1v) is 8.10. The predicted molar refractivity (Wildman–Crippen MR) is 97.2 cm³/mol. The zero-order chi connectivity index (χ0) is 16.8. The van der Waals surface area contributed by atoms with Gasteiger partial charge in [0.25, 0.3) is 5.95 Å². The summed E-state index contributed by atoms with van der Waals surface area (Å²) in [5.74, 6) is 0.899. The molecule has 2 aromatic carbocycles. The smallest absolute Gasteiger partial charge is 0.252 e. The number of aromatic nitrogens is 3. The molecule has 0 atom stereocenters. The fourth-order valence-corrected chi connectivity index (χ4v) is 3.10. The Labute approximate surface area is 148 Å². The zero-order valence-electron chi connectivity index (χ0n) is 12.9. The highest BCUT2D eigenvalue weighted by Crippen LogP contribution is 2.37. The molecule has 0 spiro atoms. The third-order valence-electron chi connectivity index (χ3n) is 4.10. The molecular formula is C16H13ClN8. The number of hydrazine groups is 2. The van der Waals surface area contributed by atoms with Crippen LogP contribution in [0.1, 0.15) is 0 Å². The lowest BCUT2D eigenvalue weighted by Crippen LogP contribution is -2.33. The van der Waals surface area contributed by atoms with E-state index in [2.05, 4.69) is 31.2 Å². The number of para-hydroxylation sites is 4. The number of hydrogen-bond donors (Lipinski definition) is 3. The Kier molecular flexibility index (Phi) is 3.12. The molecule has 0 saturated carbocycles. The molecule has 5 rings (SSSR count). The molecule has 0 amide bonds. The van der Waals surface area contributed by atoms with Crippen LogP contribution in [0.15, 0.2) is 48.5 Å². The molecule has 0 unspecified atom stereocenters. The van der Waals surface area contributed by atoms with E-state index >= 15 is 0 Å². The second-order valence-electron chi connectivity index (χ2n) is 5.57. The van der Waals surface area contributed by atoms with Crippen molar-refractivity contribution in [2.75, 3.05) is 27.3 Å². The first-order chi connectivity index (χ1) is 12.3. The molecule has 0 bridgehead atoms. The van der Waals surface area contributed by atoms with Gasteiger partial charge in [0.1, 0.15) is 0 Å². The minimum absolute atomic E-state index is 0.135. The fraction of sp³-hybridized carbons (Fsp3) is 0.0625. The Morgan fingerprint density at radius 3 is 2.44 bits per heavy atom. The summed E-state index contributed by atoms with van der Waals surface area (Å²) in [5, 5.41) is 5.19. The number of benzene rings is 2. The van der Waals surface area contributed by atoms with E-state index in [1.165, 1.54) is 0 Å². The molecule has 3 N–H and O–H groups in total. The molecular weight excluding hydrogens is 340 g/mol. The maximum absolute atomic E-state index is 6.18. The number of hydrogen-bond acceptors (Lipinski definition) is 8. The van der Waals surface area contributed by atoms with Crippen molar-refractivity contribution in [1.29, 1.82) is 0 Å². The van der Waals surface area contributed by atoms with Gasteiger partial charge in [-0.05, 0) is 35.9 Å². The maximum atomic E-state index is 6.18. The summed E-state index contributed by atoms with van der Waals surface area (Å²) in [6, 6.07) is 15.8. The number of fused-ring (bicyclic) bond motifs is 2. The molecule has 0 radical (unpaired) electrons. The van der Waals surface area contributed by atoms with Gasteiger partial charge in [-0.25, -0.2) is 5.01 Å². The van der Waals surface area contributed by atoms with Crippen LogP contribution in [0.2, 0.25) is 5.28 Å². The van der Waals surface area contributed by atoms with Crippen molar-refractivity contribution in [3.8, 4) is 0 Å². The minimum Gasteiger partial charge on any atom is -0.366 e. The van der Waals surface area contributed by atoms with Crippen molar-refractivity contribution >= 4 is 46.2 Å². The predicted octanol–water partition coefficient (Wildman–Crippen LogP) is 3.03. The van der Waals surface area contributed by atoms with Gasteiger partial charge in [0.2, 0.25) is 11.2 Å². The molecule has 2 aliphatic heterocycles. The van der Waals surface area contributed by atoms with Gasteiger partial charge >= 0.3 is 0 Å². The Bertz CT molecular complexity index is 889. The molecule has 9 heteroatoms. The number of nitrogens with zero attached hydrogens (tertiary/aromatic N) is 5. The Balaban J connectivity index is 1.57. The Morgan fingerprint density at radius 2 is 1.56 bits per heavy atom. The van der Waals surface area contributed by atoms with Gasteiger partial charge in [-0.2, -0.15) is 15.0 Å². The van der Waals surface area contributed by atoms with E-state index in [0.717, 1.165) is 22.7 Å². The molecule has 0 saturated heterocycles. The van der Waals surface area contributed by atoms with Crippen molar-refractivity contribution < 1.29 is 0 Å². The molecule has 3 aromatic rings. The van der Waals surface area contributed by atoms with Gasteiger partial charge in [0.15, 0.2) is 0 Å². The van der Waals surface area contributed by atoms with E-state index in [4.69, 9.17) is 11.6 Å². The maximum Gasteiger partial charge on any atom is 0.252 e. The normalized spacial score (nSPS) is 14.8. The van der Waals surface area contributed by atoms with E-state index < -0.39 is 0 Å². The largest absolute Gasteiger partial charge is 0.366 e. The highest BCUT2D eigenvalue weighted by atomic mass is 35.5. The summed E-state index contributed by atoms with van der Waals surface area (Å²) in [7, 11) is 0. The molecule has 124 valence electrons. The lowest BCUT2D eigenvalue weighted by molar-refractivity contribution is 0.809. The first kappa shape index (κ1) is 14.3. The van der Waals surface area contributed by atoms with Gasteiger partial charge in [-0.1, -0.05) is 24.3 Å². The van der Waals surface area contributed by atoms with Gasteiger partial charge in [-0.15, -0.1) is 5.53 Å². The number of halogens is 1. The summed E-state index contributed by atoms with van der Waals surface area (Å²) in [6.45, 7) is 0.571.